The second-order valence-corrected chi connectivity index (χ2v) is 9.55. The van der Waals surface area contributed by atoms with Crippen LogP contribution < -0.4 is 11.2 Å². The third-order valence-corrected chi connectivity index (χ3v) is 5.91. The number of hydrogen-bond donors (Lipinski definition) is 2. The molecular weight excluding hydrogens is 406 g/mol. The number of nitrogens with one attached hydrogen (secondary N) is 1. The summed E-state index contributed by atoms with van der Waals surface area (Å²) >= 11 is 0. The van der Waals surface area contributed by atoms with Crippen LogP contribution in [0.1, 0.15) is 63.5 Å². The molecule has 2 aromatic rings. The highest BCUT2D eigenvalue weighted by Gasteiger charge is 2.31. The van der Waals surface area contributed by atoms with E-state index in [1.165, 1.54) is 6.20 Å². The standard InChI is InChI=1S/C23H35N7O2/c1-15(16-8-7-9-30(14-16)22(31)32-23(2,3)4)19-10-20(25)29(6)21(27-19)18(11-24)17-12-26-28(5)13-17/h10-13,15-16,25H,7-9,14,24H2,1-6H3. The van der Waals surface area contributed by atoms with Crippen LogP contribution in [0.4, 0.5) is 4.79 Å². The number of piperidine rings is 1. The molecular formula is C23H35N7O2. The summed E-state index contributed by atoms with van der Waals surface area (Å²) in [5, 5.41) is 12.7. The van der Waals surface area contributed by atoms with Gasteiger partial charge in [0.25, 0.3) is 0 Å². The zero-order valence-corrected chi connectivity index (χ0v) is 19.9. The van der Waals surface area contributed by atoms with Crippen LogP contribution in [0.5, 0.6) is 0 Å². The lowest BCUT2D eigenvalue weighted by atomic mass is 9.84. The van der Waals surface area contributed by atoms with Crippen molar-refractivity contribution in [2.24, 2.45) is 25.7 Å². The SMILES string of the molecule is CC(c1cc(=N)n(C)c(C(=CN)c2cnn(C)c2)n1)C1CCCN(C(=O)OC(C)(C)C)C1. The molecule has 0 aliphatic carbocycles. The molecule has 0 radical (unpaired) electrons. The number of aromatic nitrogens is 4. The summed E-state index contributed by atoms with van der Waals surface area (Å²) in [6, 6.07) is 1.80. The summed E-state index contributed by atoms with van der Waals surface area (Å²) in [4.78, 5) is 19.3. The van der Waals surface area contributed by atoms with Gasteiger partial charge in [0.1, 0.15) is 16.9 Å². The smallest absolute Gasteiger partial charge is 0.410 e. The molecule has 2 atom stereocenters. The van der Waals surface area contributed by atoms with Crippen LogP contribution in [0, 0.1) is 11.3 Å². The third-order valence-electron chi connectivity index (χ3n) is 5.91. The minimum absolute atomic E-state index is 0.0669. The molecule has 9 heteroatoms. The van der Waals surface area contributed by atoms with Crippen LogP contribution in [0.2, 0.25) is 0 Å². The molecule has 1 aliphatic heterocycles. The maximum absolute atomic E-state index is 12.6. The van der Waals surface area contributed by atoms with Gasteiger partial charge in [0.05, 0.1) is 6.20 Å². The number of carbonyl (C=O) groups excluding carboxylic acids is 1. The molecule has 0 spiro atoms. The van der Waals surface area contributed by atoms with Crippen molar-refractivity contribution in [3.63, 3.8) is 0 Å². The molecule has 32 heavy (non-hydrogen) atoms. The number of nitrogens with two attached hydrogens (primary N) is 1. The molecule has 1 fully saturated rings. The molecule has 2 aromatic heterocycles. The van der Waals surface area contributed by atoms with Crippen molar-refractivity contribution in [1.82, 2.24) is 24.2 Å². The number of likely N-dealkylation sites (tertiary alicyclic amines) is 1. The second-order valence-electron chi connectivity index (χ2n) is 9.55. The number of amides is 1. The predicted octanol–water partition coefficient (Wildman–Crippen LogP) is 2.73. The minimum Gasteiger partial charge on any atom is -0.444 e. The highest BCUT2D eigenvalue weighted by atomic mass is 16.6. The van der Waals surface area contributed by atoms with Crippen molar-refractivity contribution in [3.05, 3.63) is 47.2 Å². The largest absolute Gasteiger partial charge is 0.444 e. The van der Waals surface area contributed by atoms with Crippen molar-refractivity contribution in [2.75, 3.05) is 13.1 Å². The molecule has 0 saturated carbocycles. The number of hydrogen-bond acceptors (Lipinski definition) is 6. The summed E-state index contributed by atoms with van der Waals surface area (Å²) in [7, 11) is 3.66. The maximum atomic E-state index is 12.6. The van der Waals surface area contributed by atoms with E-state index in [9.17, 15) is 4.79 Å². The Morgan fingerprint density at radius 1 is 1.38 bits per heavy atom. The van der Waals surface area contributed by atoms with Gasteiger partial charge in [0, 0.05) is 68.4 Å². The van der Waals surface area contributed by atoms with E-state index in [-0.39, 0.29) is 17.9 Å². The first-order valence-electron chi connectivity index (χ1n) is 11.0. The fourth-order valence-corrected chi connectivity index (χ4v) is 4.07. The van der Waals surface area contributed by atoms with Gasteiger partial charge >= 0.3 is 6.09 Å². The van der Waals surface area contributed by atoms with Crippen molar-refractivity contribution in [3.8, 4) is 0 Å². The van der Waals surface area contributed by atoms with Crippen molar-refractivity contribution in [2.45, 2.75) is 52.1 Å². The summed E-state index contributed by atoms with van der Waals surface area (Å²) < 4.78 is 9.00. The molecule has 1 aliphatic rings. The summed E-state index contributed by atoms with van der Waals surface area (Å²) in [6.07, 6.45) is 6.76. The molecule has 174 valence electrons. The number of ether oxygens (including phenoxy) is 1. The predicted molar refractivity (Wildman–Crippen MR) is 122 cm³/mol. The van der Waals surface area contributed by atoms with Gasteiger partial charge in [-0.05, 0) is 39.5 Å². The fraction of sp³-hybridized carbons (Fsp3) is 0.565. The summed E-state index contributed by atoms with van der Waals surface area (Å²) in [5.74, 6) is 0.916. The van der Waals surface area contributed by atoms with Crippen LogP contribution in [0.15, 0.2) is 24.7 Å². The molecule has 1 saturated heterocycles. The highest BCUT2D eigenvalue weighted by Crippen LogP contribution is 2.31. The van der Waals surface area contributed by atoms with Crippen molar-refractivity contribution < 1.29 is 9.53 Å². The zero-order valence-electron chi connectivity index (χ0n) is 19.9. The van der Waals surface area contributed by atoms with Crippen molar-refractivity contribution >= 4 is 11.7 Å². The molecule has 3 N–H and O–H groups in total. The number of aryl methyl sites for hydroxylation is 1. The molecule has 1 amide bonds. The molecule has 0 aromatic carbocycles. The molecule has 3 rings (SSSR count). The minimum atomic E-state index is -0.516. The van der Waals surface area contributed by atoms with E-state index < -0.39 is 5.60 Å². The highest BCUT2D eigenvalue weighted by molar-refractivity contribution is 5.75. The normalized spacial score (nSPS) is 18.5. The average molecular weight is 442 g/mol. The van der Waals surface area contributed by atoms with Gasteiger partial charge in [0.2, 0.25) is 0 Å². The Hall–Kier alpha value is -3.10. The Labute approximate surface area is 189 Å². The Morgan fingerprint density at radius 3 is 2.69 bits per heavy atom. The van der Waals surface area contributed by atoms with E-state index in [0.717, 1.165) is 29.7 Å². The quantitative estimate of drug-likeness (QED) is 0.757. The maximum Gasteiger partial charge on any atom is 0.410 e. The first kappa shape index (κ1) is 23.6. The summed E-state index contributed by atoms with van der Waals surface area (Å²) in [6.45, 7) is 9.07. The van der Waals surface area contributed by atoms with Crippen LogP contribution in [-0.2, 0) is 18.8 Å². The van der Waals surface area contributed by atoms with Gasteiger partial charge in [-0.1, -0.05) is 6.92 Å². The first-order valence-corrected chi connectivity index (χ1v) is 11.0. The lowest BCUT2D eigenvalue weighted by molar-refractivity contribution is 0.0153. The van der Waals surface area contributed by atoms with Gasteiger partial charge in [-0.2, -0.15) is 5.10 Å². The lowest BCUT2D eigenvalue weighted by Crippen LogP contribution is -2.44. The molecule has 2 unspecified atom stereocenters. The van der Waals surface area contributed by atoms with E-state index in [2.05, 4.69) is 12.0 Å². The lowest BCUT2D eigenvalue weighted by Gasteiger charge is -2.36. The average Bonchev–Trinajstić information content (AvgIpc) is 3.15. The van der Waals surface area contributed by atoms with Gasteiger partial charge in [-0.25, -0.2) is 9.78 Å². The molecule has 3 heterocycles. The van der Waals surface area contributed by atoms with E-state index in [1.807, 2.05) is 41.1 Å². The zero-order chi connectivity index (χ0) is 23.6. The first-order chi connectivity index (χ1) is 15.0. The van der Waals surface area contributed by atoms with Crippen molar-refractivity contribution in [1.29, 1.82) is 5.41 Å². The monoisotopic (exact) mass is 441 g/mol. The molecule has 0 bridgehead atoms. The number of carbonyl (C=O) groups is 1. The van der Waals surface area contributed by atoms with E-state index in [1.54, 1.807) is 26.4 Å². The van der Waals surface area contributed by atoms with Gasteiger partial charge in [-0.15, -0.1) is 0 Å². The van der Waals surface area contributed by atoms with E-state index in [0.29, 0.717) is 24.4 Å². The fourth-order valence-electron chi connectivity index (χ4n) is 4.07. The Morgan fingerprint density at radius 2 is 2.09 bits per heavy atom. The number of nitrogens with zero attached hydrogens (tertiary/aromatic N) is 5. The van der Waals surface area contributed by atoms with Gasteiger partial charge in [-0.3, -0.25) is 10.1 Å². The van der Waals surface area contributed by atoms with Crippen LogP contribution in [0.25, 0.3) is 5.57 Å². The Balaban J connectivity index is 1.88. The van der Waals surface area contributed by atoms with E-state index >= 15 is 0 Å². The van der Waals surface area contributed by atoms with Crippen LogP contribution in [0.3, 0.4) is 0 Å². The second kappa shape index (κ2) is 9.18. The van der Waals surface area contributed by atoms with Crippen LogP contribution >= 0.6 is 0 Å². The van der Waals surface area contributed by atoms with Crippen LogP contribution in [-0.4, -0.2) is 49.0 Å². The van der Waals surface area contributed by atoms with Gasteiger partial charge in [0.15, 0.2) is 0 Å². The summed E-state index contributed by atoms with van der Waals surface area (Å²) in [5.41, 5.74) is 8.18. The third kappa shape index (κ3) is 5.20. The number of rotatable bonds is 4. The van der Waals surface area contributed by atoms with E-state index in [4.69, 9.17) is 20.9 Å². The Kier molecular flexibility index (Phi) is 6.76. The topological polar surface area (TPSA) is 115 Å². The van der Waals surface area contributed by atoms with Gasteiger partial charge < -0.3 is 19.9 Å². The molecule has 9 nitrogen and oxygen atoms in total. The Bertz CT molecular complexity index is 1060.